The van der Waals surface area contributed by atoms with E-state index in [1.165, 1.54) is 6.07 Å². The monoisotopic (exact) mass is 386 g/mol. The van der Waals surface area contributed by atoms with E-state index in [1.54, 1.807) is 18.2 Å². The summed E-state index contributed by atoms with van der Waals surface area (Å²) in [5.74, 6) is -0.775. The molecule has 1 heterocycles. The maximum Gasteiger partial charge on any atom is 0.351 e. The average Bonchev–Trinajstić information content (AvgIpc) is 2.73. The molecule has 0 bridgehead atoms. The predicted molar refractivity (Wildman–Crippen MR) is 110 cm³/mol. The molecule has 0 aliphatic heterocycles. The fourth-order valence-electron chi connectivity index (χ4n) is 3.26. The largest absolute Gasteiger partial charge is 0.489 e. The van der Waals surface area contributed by atoms with Crippen LogP contribution in [0.4, 0.5) is 0 Å². The van der Waals surface area contributed by atoms with Gasteiger partial charge in [-0.1, -0.05) is 48.5 Å². The van der Waals surface area contributed by atoms with Crippen LogP contribution < -0.4 is 10.4 Å². The Labute approximate surface area is 166 Å². The number of rotatable bonds is 5. The van der Waals surface area contributed by atoms with Crippen LogP contribution in [0.15, 0.2) is 82.0 Å². The first-order valence-electron chi connectivity index (χ1n) is 9.11. The van der Waals surface area contributed by atoms with Crippen molar-refractivity contribution in [2.75, 3.05) is 0 Å². The van der Waals surface area contributed by atoms with E-state index >= 15 is 0 Å². The van der Waals surface area contributed by atoms with Crippen LogP contribution in [-0.2, 0) is 6.61 Å². The fourth-order valence-corrected chi connectivity index (χ4v) is 3.26. The quantitative estimate of drug-likeness (QED) is 0.486. The van der Waals surface area contributed by atoms with Gasteiger partial charge in [0.1, 0.15) is 23.5 Å². The van der Waals surface area contributed by atoms with Gasteiger partial charge < -0.3 is 14.3 Å². The number of hydrogen-bond donors (Lipinski definition) is 1. The molecule has 0 atom stereocenters. The lowest BCUT2D eigenvalue weighted by atomic mass is 9.97. The van der Waals surface area contributed by atoms with Crippen LogP contribution in [0.3, 0.4) is 0 Å². The van der Waals surface area contributed by atoms with E-state index in [2.05, 4.69) is 25.1 Å². The zero-order valence-corrected chi connectivity index (χ0v) is 15.7. The number of carboxylic acid groups (broad SMARTS) is 1. The van der Waals surface area contributed by atoms with Gasteiger partial charge in [0.2, 0.25) is 0 Å². The van der Waals surface area contributed by atoms with Crippen molar-refractivity contribution in [1.82, 2.24) is 0 Å². The van der Waals surface area contributed by atoms with Gasteiger partial charge in [0, 0.05) is 11.5 Å². The molecule has 1 aromatic heterocycles. The van der Waals surface area contributed by atoms with Crippen molar-refractivity contribution < 1.29 is 19.1 Å². The predicted octanol–water partition coefficient (Wildman–Crippen LogP) is 5.05. The number of hydrogen-bond acceptors (Lipinski definition) is 4. The van der Waals surface area contributed by atoms with Crippen LogP contribution in [0.5, 0.6) is 5.75 Å². The molecular formula is C24H18O5. The first-order valence-corrected chi connectivity index (χ1v) is 9.11. The van der Waals surface area contributed by atoms with E-state index in [9.17, 15) is 9.59 Å². The highest BCUT2D eigenvalue weighted by atomic mass is 16.5. The van der Waals surface area contributed by atoms with E-state index in [1.807, 2.05) is 30.3 Å². The molecule has 0 amide bonds. The third-order valence-electron chi connectivity index (χ3n) is 4.86. The average molecular weight is 386 g/mol. The van der Waals surface area contributed by atoms with E-state index in [0.29, 0.717) is 17.7 Å². The fraction of sp³-hybridized carbons (Fsp3) is 0.0833. The Morgan fingerprint density at radius 1 is 1.00 bits per heavy atom. The molecule has 0 fully saturated rings. The Hall–Kier alpha value is -3.86. The minimum absolute atomic E-state index is 0.284. The SMILES string of the molecule is Cc1c(COc2ccc3cc(C(=O)O)c(=O)oc3c2)cccc1-c1ccccc1. The Morgan fingerprint density at radius 2 is 1.79 bits per heavy atom. The molecule has 0 aliphatic carbocycles. The second-order valence-electron chi connectivity index (χ2n) is 6.70. The number of fused-ring (bicyclic) bond motifs is 1. The van der Waals surface area contributed by atoms with Crippen LogP contribution in [0.25, 0.3) is 22.1 Å². The highest BCUT2D eigenvalue weighted by molar-refractivity contribution is 5.91. The zero-order chi connectivity index (χ0) is 20.4. The van der Waals surface area contributed by atoms with Crippen LogP contribution in [0, 0.1) is 6.92 Å². The van der Waals surface area contributed by atoms with Crippen LogP contribution in [0.2, 0.25) is 0 Å². The summed E-state index contributed by atoms with van der Waals surface area (Å²) >= 11 is 0. The molecule has 0 saturated carbocycles. The third kappa shape index (κ3) is 3.75. The molecule has 5 heteroatoms. The molecule has 0 radical (unpaired) electrons. The summed E-state index contributed by atoms with van der Waals surface area (Å²) in [5, 5.41) is 9.56. The Kier molecular flexibility index (Phi) is 4.87. The summed E-state index contributed by atoms with van der Waals surface area (Å²) < 4.78 is 11.0. The summed E-state index contributed by atoms with van der Waals surface area (Å²) in [7, 11) is 0. The summed E-state index contributed by atoms with van der Waals surface area (Å²) in [6.45, 7) is 2.42. The van der Waals surface area contributed by atoms with Gasteiger partial charge in [0.25, 0.3) is 0 Å². The van der Waals surface area contributed by atoms with Crippen molar-refractivity contribution in [2.24, 2.45) is 0 Å². The second kappa shape index (κ2) is 7.64. The lowest BCUT2D eigenvalue weighted by Crippen LogP contribution is -2.12. The van der Waals surface area contributed by atoms with E-state index in [0.717, 1.165) is 22.3 Å². The van der Waals surface area contributed by atoms with Gasteiger partial charge in [-0.05, 0) is 47.4 Å². The molecule has 0 aliphatic rings. The maximum absolute atomic E-state index is 11.8. The van der Waals surface area contributed by atoms with Gasteiger partial charge in [-0.25, -0.2) is 9.59 Å². The van der Waals surface area contributed by atoms with Gasteiger partial charge in [-0.2, -0.15) is 0 Å². The van der Waals surface area contributed by atoms with E-state index in [4.69, 9.17) is 14.3 Å². The number of carboxylic acids is 1. The number of benzene rings is 3. The molecule has 5 nitrogen and oxygen atoms in total. The molecule has 0 unspecified atom stereocenters. The lowest BCUT2D eigenvalue weighted by molar-refractivity contribution is 0.0692. The zero-order valence-electron chi connectivity index (χ0n) is 15.7. The van der Waals surface area contributed by atoms with E-state index in [-0.39, 0.29) is 11.1 Å². The smallest absolute Gasteiger partial charge is 0.351 e. The molecule has 4 aromatic rings. The van der Waals surface area contributed by atoms with Crippen LogP contribution in [-0.4, -0.2) is 11.1 Å². The van der Waals surface area contributed by atoms with Crippen molar-refractivity contribution in [3.63, 3.8) is 0 Å². The standard InChI is InChI=1S/C24H18O5/c1-15-18(8-5-9-20(15)16-6-3-2-4-7-16)14-28-19-11-10-17-12-21(23(25)26)24(27)29-22(17)13-19/h2-13H,14H2,1H3,(H,25,26). The molecule has 0 spiro atoms. The third-order valence-corrected chi connectivity index (χ3v) is 4.86. The van der Waals surface area contributed by atoms with Crippen LogP contribution in [0.1, 0.15) is 21.5 Å². The summed E-state index contributed by atoms with van der Waals surface area (Å²) in [6, 6.07) is 22.6. The van der Waals surface area contributed by atoms with Gasteiger partial charge in [-0.3, -0.25) is 0 Å². The molecule has 144 valence electrons. The van der Waals surface area contributed by atoms with Gasteiger partial charge in [-0.15, -0.1) is 0 Å². The first kappa shape index (κ1) is 18.5. The minimum atomic E-state index is -1.31. The number of aromatic carboxylic acids is 1. The molecule has 29 heavy (non-hydrogen) atoms. The maximum atomic E-state index is 11.8. The highest BCUT2D eigenvalue weighted by Gasteiger charge is 2.13. The van der Waals surface area contributed by atoms with Crippen LogP contribution >= 0.6 is 0 Å². The Bertz CT molecular complexity index is 1260. The molecule has 4 rings (SSSR count). The number of carbonyl (C=O) groups is 1. The highest BCUT2D eigenvalue weighted by Crippen LogP contribution is 2.27. The van der Waals surface area contributed by atoms with Gasteiger partial charge >= 0.3 is 11.6 Å². The summed E-state index contributed by atoms with van der Waals surface area (Å²) in [5.41, 5.74) is 3.50. The van der Waals surface area contributed by atoms with Crippen molar-refractivity contribution in [1.29, 1.82) is 0 Å². The van der Waals surface area contributed by atoms with E-state index < -0.39 is 11.6 Å². The molecular weight excluding hydrogens is 368 g/mol. The lowest BCUT2D eigenvalue weighted by Gasteiger charge is -2.13. The molecule has 1 N–H and O–H groups in total. The van der Waals surface area contributed by atoms with Crippen molar-refractivity contribution in [3.05, 3.63) is 99.9 Å². The number of ether oxygens (including phenoxy) is 1. The molecule has 0 saturated heterocycles. The Morgan fingerprint density at radius 3 is 2.55 bits per heavy atom. The summed E-state index contributed by atoms with van der Waals surface area (Å²) in [6.07, 6.45) is 0. The van der Waals surface area contributed by atoms with Gasteiger partial charge in [0.05, 0.1) is 0 Å². The van der Waals surface area contributed by atoms with Crippen molar-refractivity contribution in [2.45, 2.75) is 13.5 Å². The first-order chi connectivity index (χ1) is 14.0. The molecule has 3 aromatic carbocycles. The van der Waals surface area contributed by atoms with Crippen molar-refractivity contribution >= 4 is 16.9 Å². The minimum Gasteiger partial charge on any atom is -0.489 e. The Balaban J connectivity index is 1.59. The normalized spacial score (nSPS) is 10.8. The topological polar surface area (TPSA) is 76.7 Å². The van der Waals surface area contributed by atoms with Gasteiger partial charge in [0.15, 0.2) is 0 Å². The second-order valence-corrected chi connectivity index (χ2v) is 6.70. The van der Waals surface area contributed by atoms with Crippen molar-refractivity contribution in [3.8, 4) is 16.9 Å². The summed E-state index contributed by atoms with van der Waals surface area (Å²) in [4.78, 5) is 22.9.